The second kappa shape index (κ2) is 5.98. The predicted molar refractivity (Wildman–Crippen MR) is 87.5 cm³/mol. The molecule has 1 aliphatic heterocycles. The first-order valence-electron chi connectivity index (χ1n) is 7.98. The average molecular weight is 318 g/mol. The minimum atomic E-state index is -0.319. The molecule has 0 saturated carbocycles. The van der Waals surface area contributed by atoms with Crippen LogP contribution in [0.25, 0.3) is 11.4 Å². The molecule has 1 fully saturated rings. The second-order valence-corrected chi connectivity index (χ2v) is 6.26. The Labute approximate surface area is 134 Å². The van der Waals surface area contributed by atoms with Gasteiger partial charge in [-0.1, -0.05) is 13.8 Å². The van der Waals surface area contributed by atoms with Crippen LogP contribution in [0.15, 0.2) is 16.9 Å². The van der Waals surface area contributed by atoms with Crippen molar-refractivity contribution < 1.29 is 10.2 Å². The van der Waals surface area contributed by atoms with Crippen molar-refractivity contribution in [3.05, 3.63) is 28.2 Å². The molecular formula is C16H22N4O3. The van der Waals surface area contributed by atoms with Gasteiger partial charge in [0.1, 0.15) is 11.5 Å². The SMILES string of the molecule is CC(C)c1cc(-c2n[nH]c(=O)n2N2CCCCC2)c(O)cc1O. The Morgan fingerprint density at radius 2 is 1.83 bits per heavy atom. The molecule has 2 heterocycles. The fourth-order valence-corrected chi connectivity index (χ4v) is 3.04. The molecule has 7 nitrogen and oxygen atoms in total. The molecular weight excluding hydrogens is 296 g/mol. The van der Waals surface area contributed by atoms with E-state index in [1.807, 2.05) is 18.9 Å². The number of rotatable bonds is 3. The lowest BCUT2D eigenvalue weighted by Gasteiger charge is -2.29. The quantitative estimate of drug-likeness (QED) is 0.803. The number of hydrogen-bond donors (Lipinski definition) is 3. The zero-order chi connectivity index (χ0) is 16.6. The van der Waals surface area contributed by atoms with Gasteiger partial charge in [-0.15, -0.1) is 0 Å². The fourth-order valence-electron chi connectivity index (χ4n) is 3.04. The largest absolute Gasteiger partial charge is 0.508 e. The number of benzene rings is 1. The monoisotopic (exact) mass is 318 g/mol. The van der Waals surface area contributed by atoms with Crippen molar-refractivity contribution >= 4 is 0 Å². The first-order valence-corrected chi connectivity index (χ1v) is 7.98. The summed E-state index contributed by atoms with van der Waals surface area (Å²) in [6, 6.07) is 3.01. The van der Waals surface area contributed by atoms with Crippen LogP contribution in [-0.4, -0.2) is 38.2 Å². The van der Waals surface area contributed by atoms with E-state index in [4.69, 9.17) is 0 Å². The van der Waals surface area contributed by atoms with E-state index in [1.165, 1.54) is 10.7 Å². The predicted octanol–water partition coefficient (Wildman–Crippen LogP) is 1.89. The topological polar surface area (TPSA) is 94.4 Å². The van der Waals surface area contributed by atoms with Crippen LogP contribution in [-0.2, 0) is 0 Å². The van der Waals surface area contributed by atoms with Gasteiger partial charge < -0.3 is 15.2 Å². The first kappa shape index (κ1) is 15.5. The third-order valence-corrected chi connectivity index (χ3v) is 4.27. The van der Waals surface area contributed by atoms with Gasteiger partial charge in [-0.25, -0.2) is 9.89 Å². The number of piperidine rings is 1. The number of nitrogens with zero attached hydrogens (tertiary/aromatic N) is 3. The summed E-state index contributed by atoms with van der Waals surface area (Å²) in [4.78, 5) is 12.2. The number of nitrogens with one attached hydrogen (secondary N) is 1. The van der Waals surface area contributed by atoms with E-state index in [1.54, 1.807) is 6.07 Å². The minimum absolute atomic E-state index is 0.0451. The maximum absolute atomic E-state index is 12.2. The number of H-pyrrole nitrogens is 1. The van der Waals surface area contributed by atoms with Gasteiger partial charge in [0.2, 0.25) is 0 Å². The molecule has 3 rings (SSSR count). The van der Waals surface area contributed by atoms with Crippen LogP contribution in [0.4, 0.5) is 0 Å². The van der Waals surface area contributed by atoms with E-state index < -0.39 is 0 Å². The van der Waals surface area contributed by atoms with Crippen LogP contribution in [0.5, 0.6) is 11.5 Å². The maximum Gasteiger partial charge on any atom is 0.362 e. The molecule has 1 saturated heterocycles. The molecule has 0 amide bonds. The van der Waals surface area contributed by atoms with Crippen molar-refractivity contribution in [3.8, 4) is 22.9 Å². The highest BCUT2D eigenvalue weighted by molar-refractivity contribution is 5.67. The van der Waals surface area contributed by atoms with Gasteiger partial charge in [-0.3, -0.25) is 0 Å². The first-order chi connectivity index (χ1) is 11.0. The molecule has 0 atom stereocenters. The zero-order valence-electron chi connectivity index (χ0n) is 13.4. The highest BCUT2D eigenvalue weighted by Crippen LogP contribution is 2.36. The molecule has 1 aromatic carbocycles. The number of hydrogen-bond acceptors (Lipinski definition) is 5. The van der Waals surface area contributed by atoms with Crippen molar-refractivity contribution in [2.24, 2.45) is 0 Å². The molecule has 7 heteroatoms. The lowest BCUT2D eigenvalue weighted by atomic mass is 9.98. The van der Waals surface area contributed by atoms with Crippen LogP contribution in [0.3, 0.4) is 0 Å². The number of aromatic amines is 1. The smallest absolute Gasteiger partial charge is 0.362 e. The Bertz CT molecular complexity index is 757. The van der Waals surface area contributed by atoms with Crippen molar-refractivity contribution in [1.29, 1.82) is 0 Å². The summed E-state index contributed by atoms with van der Waals surface area (Å²) >= 11 is 0. The Balaban J connectivity index is 2.12. The van der Waals surface area contributed by atoms with Gasteiger partial charge in [-0.05, 0) is 36.8 Å². The third-order valence-electron chi connectivity index (χ3n) is 4.27. The van der Waals surface area contributed by atoms with Crippen LogP contribution >= 0.6 is 0 Å². The van der Waals surface area contributed by atoms with Crippen LogP contribution in [0, 0.1) is 0 Å². The molecule has 1 aliphatic rings. The fraction of sp³-hybridized carbons (Fsp3) is 0.500. The molecule has 3 N–H and O–H groups in total. The minimum Gasteiger partial charge on any atom is -0.508 e. The Morgan fingerprint density at radius 3 is 2.48 bits per heavy atom. The Morgan fingerprint density at radius 1 is 1.13 bits per heavy atom. The van der Waals surface area contributed by atoms with Gasteiger partial charge in [0.05, 0.1) is 5.56 Å². The highest BCUT2D eigenvalue weighted by atomic mass is 16.3. The van der Waals surface area contributed by atoms with Crippen LogP contribution < -0.4 is 10.7 Å². The maximum atomic E-state index is 12.2. The van der Waals surface area contributed by atoms with Crippen LogP contribution in [0.1, 0.15) is 44.6 Å². The number of phenolic OH excluding ortho intramolecular Hbond substituents is 2. The van der Waals surface area contributed by atoms with E-state index in [0.717, 1.165) is 32.4 Å². The lowest BCUT2D eigenvalue weighted by Crippen LogP contribution is -2.44. The van der Waals surface area contributed by atoms with Crippen molar-refractivity contribution in [2.45, 2.75) is 39.0 Å². The van der Waals surface area contributed by atoms with Gasteiger partial charge in [-0.2, -0.15) is 9.77 Å². The molecule has 0 spiro atoms. The normalized spacial score (nSPS) is 15.3. The van der Waals surface area contributed by atoms with E-state index in [9.17, 15) is 15.0 Å². The number of aromatic nitrogens is 3. The molecule has 124 valence electrons. The molecule has 0 bridgehead atoms. The highest BCUT2D eigenvalue weighted by Gasteiger charge is 2.22. The lowest BCUT2D eigenvalue weighted by molar-refractivity contribution is 0.443. The van der Waals surface area contributed by atoms with Gasteiger partial charge >= 0.3 is 5.69 Å². The molecule has 2 aromatic rings. The summed E-state index contributed by atoms with van der Waals surface area (Å²) in [7, 11) is 0. The van der Waals surface area contributed by atoms with E-state index in [-0.39, 0.29) is 23.1 Å². The second-order valence-electron chi connectivity index (χ2n) is 6.26. The van der Waals surface area contributed by atoms with Gasteiger partial charge in [0.25, 0.3) is 0 Å². The molecule has 1 aromatic heterocycles. The van der Waals surface area contributed by atoms with Gasteiger partial charge in [0.15, 0.2) is 5.82 Å². The summed E-state index contributed by atoms with van der Waals surface area (Å²) < 4.78 is 1.50. The molecule has 0 aliphatic carbocycles. The summed E-state index contributed by atoms with van der Waals surface area (Å²) in [5, 5.41) is 28.7. The zero-order valence-corrected chi connectivity index (χ0v) is 13.4. The van der Waals surface area contributed by atoms with E-state index in [2.05, 4.69) is 10.2 Å². The Hall–Kier alpha value is -2.44. The number of aromatic hydroxyl groups is 2. The summed E-state index contributed by atoms with van der Waals surface area (Å²) in [6.45, 7) is 5.47. The van der Waals surface area contributed by atoms with E-state index in [0.29, 0.717) is 17.0 Å². The Kier molecular flexibility index (Phi) is 4.02. The molecule has 0 unspecified atom stereocenters. The van der Waals surface area contributed by atoms with Crippen molar-refractivity contribution in [2.75, 3.05) is 18.1 Å². The van der Waals surface area contributed by atoms with Crippen molar-refractivity contribution in [1.82, 2.24) is 14.9 Å². The summed E-state index contributed by atoms with van der Waals surface area (Å²) in [6.07, 6.45) is 3.20. The third kappa shape index (κ3) is 2.78. The van der Waals surface area contributed by atoms with Crippen molar-refractivity contribution in [3.63, 3.8) is 0 Å². The molecule has 23 heavy (non-hydrogen) atoms. The van der Waals surface area contributed by atoms with Gasteiger partial charge in [0, 0.05) is 19.2 Å². The summed E-state index contributed by atoms with van der Waals surface area (Å²) in [5.74, 6) is 0.410. The molecule has 0 radical (unpaired) electrons. The van der Waals surface area contributed by atoms with E-state index >= 15 is 0 Å². The number of phenols is 2. The summed E-state index contributed by atoms with van der Waals surface area (Å²) in [5.41, 5.74) is 0.828. The standard InChI is InChI=1S/C16H22N4O3/c1-10(2)11-8-12(14(22)9-13(11)21)15-17-18-16(23)20(15)19-6-4-3-5-7-19/h8-10,21-22H,3-7H2,1-2H3,(H,18,23). The van der Waals surface area contributed by atoms with Crippen LogP contribution in [0.2, 0.25) is 0 Å². The average Bonchev–Trinajstić information content (AvgIpc) is 2.89.